The van der Waals surface area contributed by atoms with Crippen LogP contribution in [0.15, 0.2) is 54.6 Å². The van der Waals surface area contributed by atoms with E-state index in [4.69, 9.17) is 9.47 Å². The number of para-hydroxylation sites is 3. The number of anilines is 1. The molecule has 2 N–H and O–H groups in total. The number of nitrogens with one attached hydrogen (secondary N) is 2. The third-order valence-electron chi connectivity index (χ3n) is 3.14. The molecule has 2 aromatic rings. The molecule has 0 saturated carbocycles. The van der Waals surface area contributed by atoms with Gasteiger partial charge in [0.15, 0.2) is 5.75 Å². The number of carbonyl (C=O) groups excluding carboxylic acids is 1. The highest BCUT2D eigenvalue weighted by Gasteiger charge is 2.06. The highest BCUT2D eigenvalue weighted by molar-refractivity contribution is 5.81. The van der Waals surface area contributed by atoms with E-state index < -0.39 is 0 Å². The van der Waals surface area contributed by atoms with Crippen LogP contribution in [0.1, 0.15) is 6.42 Å². The maximum absolute atomic E-state index is 11.8. The Kier molecular flexibility index (Phi) is 6.94. The minimum atomic E-state index is -0.0596. The van der Waals surface area contributed by atoms with Crippen LogP contribution in [0.5, 0.6) is 11.5 Å². The van der Waals surface area contributed by atoms with Crippen LogP contribution in [0.2, 0.25) is 0 Å². The first kappa shape index (κ1) is 16.8. The Morgan fingerprint density at radius 3 is 2.57 bits per heavy atom. The molecule has 2 rings (SSSR count). The van der Waals surface area contributed by atoms with Crippen LogP contribution in [0.25, 0.3) is 0 Å². The Morgan fingerprint density at radius 2 is 1.78 bits per heavy atom. The predicted molar refractivity (Wildman–Crippen MR) is 91.0 cm³/mol. The lowest BCUT2D eigenvalue weighted by molar-refractivity contribution is -0.119. The molecule has 0 bridgehead atoms. The van der Waals surface area contributed by atoms with Gasteiger partial charge in [0.2, 0.25) is 5.91 Å². The van der Waals surface area contributed by atoms with Crippen molar-refractivity contribution in [2.24, 2.45) is 0 Å². The summed E-state index contributed by atoms with van der Waals surface area (Å²) < 4.78 is 10.8. The molecule has 0 spiro atoms. The molecule has 5 heteroatoms. The average Bonchev–Trinajstić information content (AvgIpc) is 2.59. The quantitative estimate of drug-likeness (QED) is 0.699. The predicted octanol–water partition coefficient (Wildman–Crippen LogP) is 3.04. The van der Waals surface area contributed by atoms with E-state index in [-0.39, 0.29) is 12.5 Å². The number of ether oxygens (including phenoxy) is 2. The van der Waals surface area contributed by atoms with E-state index in [1.165, 1.54) is 0 Å². The van der Waals surface area contributed by atoms with Crippen LogP contribution in [-0.4, -0.2) is 32.7 Å². The molecule has 0 radical (unpaired) electrons. The van der Waals surface area contributed by atoms with Crippen molar-refractivity contribution < 1.29 is 14.3 Å². The smallest absolute Gasteiger partial charge is 0.239 e. The summed E-state index contributed by atoms with van der Waals surface area (Å²) in [7, 11) is 1.65. The molecule has 0 heterocycles. The molecule has 0 unspecified atom stereocenters. The second kappa shape index (κ2) is 9.48. The van der Waals surface area contributed by atoms with Gasteiger partial charge in [0.25, 0.3) is 0 Å². The molecule has 0 aliphatic heterocycles. The van der Waals surface area contributed by atoms with E-state index in [1.807, 2.05) is 54.6 Å². The summed E-state index contributed by atoms with van der Waals surface area (Å²) in [5.41, 5.74) is 0.781. The normalized spacial score (nSPS) is 10.1. The van der Waals surface area contributed by atoms with E-state index in [9.17, 15) is 4.79 Å². The van der Waals surface area contributed by atoms with Gasteiger partial charge in [-0.15, -0.1) is 0 Å². The fraction of sp³-hybridized carbons (Fsp3) is 0.278. The van der Waals surface area contributed by atoms with Crippen molar-refractivity contribution >= 4 is 11.6 Å². The topological polar surface area (TPSA) is 59.6 Å². The number of hydrogen-bond acceptors (Lipinski definition) is 4. The summed E-state index contributed by atoms with van der Waals surface area (Å²) in [4.78, 5) is 11.8. The first-order valence-electron chi connectivity index (χ1n) is 7.61. The molecular formula is C18H22N2O3. The van der Waals surface area contributed by atoms with Gasteiger partial charge in [-0.1, -0.05) is 30.3 Å². The molecule has 0 saturated heterocycles. The van der Waals surface area contributed by atoms with E-state index in [0.717, 1.165) is 17.9 Å². The van der Waals surface area contributed by atoms with E-state index in [1.54, 1.807) is 7.11 Å². The van der Waals surface area contributed by atoms with Gasteiger partial charge >= 0.3 is 0 Å². The molecule has 5 nitrogen and oxygen atoms in total. The average molecular weight is 314 g/mol. The van der Waals surface area contributed by atoms with Gasteiger partial charge in [-0.3, -0.25) is 4.79 Å². The summed E-state index contributed by atoms with van der Waals surface area (Å²) in [5.74, 6) is 1.38. The zero-order valence-electron chi connectivity index (χ0n) is 13.2. The molecule has 0 atom stereocenters. The van der Waals surface area contributed by atoms with Gasteiger partial charge < -0.3 is 20.1 Å². The fourth-order valence-corrected chi connectivity index (χ4v) is 2.00. The molecule has 0 aromatic heterocycles. The van der Waals surface area contributed by atoms with Gasteiger partial charge in [-0.25, -0.2) is 0 Å². The van der Waals surface area contributed by atoms with Gasteiger partial charge in [0, 0.05) is 20.3 Å². The van der Waals surface area contributed by atoms with Gasteiger partial charge in [-0.05, 0) is 30.7 Å². The Bertz CT molecular complexity index is 602. The van der Waals surface area contributed by atoms with Crippen LogP contribution in [0.3, 0.4) is 0 Å². The van der Waals surface area contributed by atoms with E-state index in [0.29, 0.717) is 18.9 Å². The lowest BCUT2D eigenvalue weighted by Crippen LogP contribution is -2.31. The number of carbonyl (C=O) groups is 1. The highest BCUT2D eigenvalue weighted by Crippen LogP contribution is 2.28. The van der Waals surface area contributed by atoms with Crippen LogP contribution in [0.4, 0.5) is 5.69 Å². The molecule has 23 heavy (non-hydrogen) atoms. The Balaban J connectivity index is 1.86. The molecule has 0 fully saturated rings. The summed E-state index contributed by atoms with van der Waals surface area (Å²) in [6, 6.07) is 17.1. The first-order valence-corrected chi connectivity index (χ1v) is 7.61. The standard InChI is InChI=1S/C18H22N2O3/c1-22-13-7-12-19-18(21)14-20-16-10-5-6-11-17(16)23-15-8-3-2-4-9-15/h2-6,8-11,20H,7,12-14H2,1H3,(H,19,21). The summed E-state index contributed by atoms with van der Waals surface area (Å²) in [5, 5.41) is 5.94. The van der Waals surface area contributed by atoms with Gasteiger partial charge in [0.1, 0.15) is 5.75 Å². The molecular weight excluding hydrogens is 292 g/mol. The minimum Gasteiger partial charge on any atom is -0.455 e. The number of benzene rings is 2. The van der Waals surface area contributed by atoms with Crippen molar-refractivity contribution in [1.82, 2.24) is 5.32 Å². The maximum atomic E-state index is 11.8. The van der Waals surface area contributed by atoms with Crippen LogP contribution >= 0.6 is 0 Å². The highest BCUT2D eigenvalue weighted by atomic mass is 16.5. The number of amides is 1. The third-order valence-corrected chi connectivity index (χ3v) is 3.14. The first-order chi connectivity index (χ1) is 11.3. The Morgan fingerprint density at radius 1 is 1.04 bits per heavy atom. The Hall–Kier alpha value is -2.53. The third kappa shape index (κ3) is 6.00. The minimum absolute atomic E-state index is 0.0596. The second-order valence-electron chi connectivity index (χ2n) is 4.96. The number of hydrogen-bond donors (Lipinski definition) is 2. The molecule has 122 valence electrons. The van der Waals surface area contributed by atoms with Crippen LogP contribution < -0.4 is 15.4 Å². The van der Waals surface area contributed by atoms with E-state index in [2.05, 4.69) is 10.6 Å². The summed E-state index contributed by atoms with van der Waals surface area (Å²) in [6.07, 6.45) is 0.802. The zero-order valence-corrected chi connectivity index (χ0v) is 13.2. The van der Waals surface area contributed by atoms with Crippen molar-refractivity contribution in [3.05, 3.63) is 54.6 Å². The van der Waals surface area contributed by atoms with Crippen molar-refractivity contribution in [2.45, 2.75) is 6.42 Å². The second-order valence-corrected chi connectivity index (χ2v) is 4.96. The number of methoxy groups -OCH3 is 1. The summed E-state index contributed by atoms with van der Waals surface area (Å²) >= 11 is 0. The lowest BCUT2D eigenvalue weighted by Gasteiger charge is -2.13. The summed E-state index contributed by atoms with van der Waals surface area (Å²) in [6.45, 7) is 1.44. The Labute approximate surface area is 136 Å². The zero-order chi connectivity index (χ0) is 16.3. The number of rotatable bonds is 9. The van der Waals surface area contributed by atoms with Crippen molar-refractivity contribution in [3.8, 4) is 11.5 Å². The van der Waals surface area contributed by atoms with Crippen molar-refractivity contribution in [3.63, 3.8) is 0 Å². The van der Waals surface area contributed by atoms with Crippen molar-refractivity contribution in [1.29, 1.82) is 0 Å². The van der Waals surface area contributed by atoms with Gasteiger partial charge in [-0.2, -0.15) is 0 Å². The van der Waals surface area contributed by atoms with Gasteiger partial charge in [0.05, 0.1) is 12.2 Å². The lowest BCUT2D eigenvalue weighted by atomic mass is 10.3. The maximum Gasteiger partial charge on any atom is 0.239 e. The molecule has 2 aromatic carbocycles. The van der Waals surface area contributed by atoms with Crippen LogP contribution in [0, 0.1) is 0 Å². The monoisotopic (exact) mass is 314 g/mol. The van der Waals surface area contributed by atoms with Crippen LogP contribution in [-0.2, 0) is 9.53 Å². The molecule has 1 amide bonds. The van der Waals surface area contributed by atoms with E-state index >= 15 is 0 Å². The largest absolute Gasteiger partial charge is 0.455 e. The molecule has 0 aliphatic rings. The molecule has 0 aliphatic carbocycles. The fourth-order valence-electron chi connectivity index (χ4n) is 2.00. The van der Waals surface area contributed by atoms with Crippen molar-refractivity contribution in [2.75, 3.05) is 32.1 Å². The SMILES string of the molecule is COCCCNC(=O)CNc1ccccc1Oc1ccccc1.